The maximum atomic E-state index is 13.1. The van der Waals surface area contributed by atoms with Crippen molar-refractivity contribution >= 4 is 32.8 Å². The Morgan fingerprint density at radius 1 is 1.10 bits per heavy atom. The van der Waals surface area contributed by atoms with Crippen LogP contribution in [-0.4, -0.2) is 31.4 Å². The third-order valence-electron chi connectivity index (χ3n) is 3.97. The van der Waals surface area contributed by atoms with Crippen LogP contribution >= 0.6 is 11.3 Å². The monoisotopic (exact) mass is 430 g/mol. The average Bonchev–Trinajstić information content (AvgIpc) is 3.13. The Morgan fingerprint density at radius 3 is 2.48 bits per heavy atom. The first-order chi connectivity index (χ1) is 13.7. The number of hydrogen-bond donors (Lipinski definition) is 1. The number of nitrogens with zero attached hydrogens (tertiary/aromatic N) is 1. The number of ether oxygens (including phenoxy) is 1. The van der Waals surface area contributed by atoms with E-state index in [9.17, 15) is 13.2 Å². The molecule has 0 spiro atoms. The van der Waals surface area contributed by atoms with E-state index in [1.165, 1.54) is 17.4 Å². The summed E-state index contributed by atoms with van der Waals surface area (Å²) in [6.07, 6.45) is 3.22. The van der Waals surface area contributed by atoms with E-state index in [-0.39, 0.29) is 23.0 Å². The molecule has 0 aliphatic rings. The lowest BCUT2D eigenvalue weighted by Crippen LogP contribution is -2.24. The number of carbonyl (C=O) groups excluding carboxylic acids is 1. The molecule has 0 aliphatic carbocycles. The van der Waals surface area contributed by atoms with Crippen molar-refractivity contribution in [3.8, 4) is 11.1 Å². The summed E-state index contributed by atoms with van der Waals surface area (Å²) in [5.74, 6) is -0.268. The van der Waals surface area contributed by atoms with E-state index >= 15 is 0 Å². The van der Waals surface area contributed by atoms with Crippen LogP contribution in [0.5, 0.6) is 0 Å². The van der Waals surface area contributed by atoms with Crippen molar-refractivity contribution in [3.63, 3.8) is 0 Å². The zero-order valence-corrected chi connectivity index (χ0v) is 18.0. The van der Waals surface area contributed by atoms with Gasteiger partial charge in [0.05, 0.1) is 21.1 Å². The number of ketones is 1. The number of thiophene rings is 1. The maximum absolute atomic E-state index is 13.1. The second kappa shape index (κ2) is 8.44. The number of carbonyl (C=O) groups is 1. The molecule has 29 heavy (non-hydrogen) atoms. The van der Waals surface area contributed by atoms with Crippen molar-refractivity contribution in [3.05, 3.63) is 65.1 Å². The molecule has 0 radical (unpaired) electrons. The molecule has 0 fully saturated rings. The van der Waals surface area contributed by atoms with Crippen LogP contribution in [0.4, 0.5) is 5.69 Å². The van der Waals surface area contributed by atoms with E-state index in [1.54, 1.807) is 54.2 Å². The molecule has 0 aliphatic heterocycles. The second-order valence-electron chi connectivity index (χ2n) is 7.33. The molecule has 0 bridgehead atoms. The van der Waals surface area contributed by atoms with Gasteiger partial charge < -0.3 is 4.74 Å². The molecule has 1 N–H and O–H groups in total. The van der Waals surface area contributed by atoms with Gasteiger partial charge >= 0.3 is 0 Å². The van der Waals surface area contributed by atoms with E-state index < -0.39 is 15.6 Å². The van der Waals surface area contributed by atoms with Crippen LogP contribution in [-0.2, 0) is 14.8 Å². The summed E-state index contributed by atoms with van der Waals surface area (Å²) in [6, 6.07) is 11.8. The minimum Gasteiger partial charge on any atom is -0.368 e. The van der Waals surface area contributed by atoms with Crippen LogP contribution in [0.1, 0.15) is 30.4 Å². The maximum Gasteiger partial charge on any atom is 0.262 e. The lowest BCUT2D eigenvalue weighted by molar-refractivity contribution is 0.00326. The number of nitrogens with one attached hydrogen (secondary N) is 1. The zero-order valence-electron chi connectivity index (χ0n) is 16.4. The SMILES string of the molecule is CC(C)(C)OCC(=O)c1sccc1NS(=O)(=O)c1ccccc1-c1ccncc1. The molecule has 2 aromatic heterocycles. The van der Waals surface area contributed by atoms with Gasteiger partial charge in [-0.15, -0.1) is 11.3 Å². The fraction of sp³-hybridized carbons (Fsp3) is 0.238. The van der Waals surface area contributed by atoms with Crippen molar-refractivity contribution in [1.29, 1.82) is 0 Å². The normalized spacial score (nSPS) is 12.0. The number of aromatic nitrogens is 1. The van der Waals surface area contributed by atoms with Gasteiger partial charge in [-0.05, 0) is 56.0 Å². The molecule has 0 amide bonds. The van der Waals surface area contributed by atoms with Gasteiger partial charge in [0.2, 0.25) is 5.78 Å². The lowest BCUT2D eigenvalue weighted by Gasteiger charge is -2.19. The number of benzene rings is 1. The molecule has 0 unspecified atom stereocenters. The quantitative estimate of drug-likeness (QED) is 0.553. The molecule has 6 nitrogen and oxygen atoms in total. The molecule has 152 valence electrons. The van der Waals surface area contributed by atoms with E-state index in [0.29, 0.717) is 10.4 Å². The van der Waals surface area contributed by atoms with Crippen molar-refractivity contribution in [2.75, 3.05) is 11.3 Å². The van der Waals surface area contributed by atoms with Gasteiger partial charge in [0, 0.05) is 18.0 Å². The molecule has 2 heterocycles. The molecule has 3 rings (SSSR count). The molecule has 1 aromatic carbocycles. The second-order valence-corrected chi connectivity index (χ2v) is 9.89. The summed E-state index contributed by atoms with van der Waals surface area (Å²) in [4.78, 5) is 16.9. The Bertz CT molecular complexity index is 1100. The predicted molar refractivity (Wildman–Crippen MR) is 115 cm³/mol. The van der Waals surface area contributed by atoms with Crippen LogP contribution in [0.25, 0.3) is 11.1 Å². The van der Waals surface area contributed by atoms with E-state index in [2.05, 4.69) is 9.71 Å². The topological polar surface area (TPSA) is 85.4 Å². The largest absolute Gasteiger partial charge is 0.368 e. The van der Waals surface area contributed by atoms with Crippen LogP contribution in [0.15, 0.2) is 65.1 Å². The fourth-order valence-electron chi connectivity index (χ4n) is 2.62. The number of hydrogen-bond acceptors (Lipinski definition) is 6. The summed E-state index contributed by atoms with van der Waals surface area (Å²) in [5, 5.41) is 1.68. The van der Waals surface area contributed by atoms with Crippen LogP contribution in [0.2, 0.25) is 0 Å². The first-order valence-electron chi connectivity index (χ1n) is 8.94. The van der Waals surface area contributed by atoms with Gasteiger partial charge in [0.15, 0.2) is 0 Å². The fourth-order valence-corrected chi connectivity index (χ4v) is 4.77. The molecule has 0 saturated heterocycles. The van der Waals surface area contributed by atoms with Gasteiger partial charge in [0.1, 0.15) is 6.61 Å². The Morgan fingerprint density at radius 2 is 1.79 bits per heavy atom. The minimum absolute atomic E-state index is 0.119. The Hall–Kier alpha value is -2.55. The molecule has 0 atom stereocenters. The van der Waals surface area contributed by atoms with Crippen molar-refractivity contribution in [1.82, 2.24) is 4.98 Å². The highest BCUT2D eigenvalue weighted by Gasteiger charge is 2.23. The molecular formula is C21H22N2O4S2. The zero-order chi connectivity index (χ0) is 21.1. The summed E-state index contributed by atoms with van der Waals surface area (Å²) >= 11 is 1.18. The first kappa shape index (κ1) is 21.2. The van der Waals surface area contributed by atoms with Gasteiger partial charge in [-0.2, -0.15) is 0 Å². The highest BCUT2D eigenvalue weighted by atomic mass is 32.2. The van der Waals surface area contributed by atoms with Crippen molar-refractivity contribution in [2.24, 2.45) is 0 Å². The van der Waals surface area contributed by atoms with E-state index in [4.69, 9.17) is 4.74 Å². The third-order valence-corrected chi connectivity index (χ3v) is 6.35. The lowest BCUT2D eigenvalue weighted by atomic mass is 10.1. The van der Waals surface area contributed by atoms with Crippen LogP contribution in [0.3, 0.4) is 0 Å². The van der Waals surface area contributed by atoms with Crippen molar-refractivity contribution in [2.45, 2.75) is 31.3 Å². The number of sulfonamides is 1. The summed E-state index contributed by atoms with van der Waals surface area (Å²) < 4.78 is 34.3. The third kappa shape index (κ3) is 5.29. The smallest absolute Gasteiger partial charge is 0.262 e. The van der Waals surface area contributed by atoms with Crippen LogP contribution in [0, 0.1) is 0 Å². The Kier molecular flexibility index (Phi) is 6.16. The number of pyridine rings is 1. The molecule has 8 heteroatoms. The Labute approximate surface area is 174 Å². The van der Waals surface area contributed by atoms with Gasteiger partial charge in [-0.25, -0.2) is 8.42 Å². The van der Waals surface area contributed by atoms with Gasteiger partial charge in [-0.3, -0.25) is 14.5 Å². The highest BCUT2D eigenvalue weighted by molar-refractivity contribution is 7.92. The summed E-state index contributed by atoms with van der Waals surface area (Å²) in [6.45, 7) is 5.45. The standard InChI is InChI=1S/C21H22N2O4S2/c1-21(2,3)27-14-18(24)20-17(10-13-28-20)23-29(25,26)19-7-5-4-6-16(19)15-8-11-22-12-9-15/h4-13,23H,14H2,1-3H3. The summed E-state index contributed by atoms with van der Waals surface area (Å²) in [5.41, 5.74) is 1.08. The molecular weight excluding hydrogens is 408 g/mol. The van der Waals surface area contributed by atoms with Gasteiger partial charge in [0.25, 0.3) is 10.0 Å². The molecule has 0 saturated carbocycles. The first-order valence-corrected chi connectivity index (χ1v) is 11.3. The Balaban J connectivity index is 1.89. The van der Waals surface area contributed by atoms with Gasteiger partial charge in [-0.1, -0.05) is 18.2 Å². The van der Waals surface area contributed by atoms with E-state index in [1.807, 2.05) is 20.8 Å². The number of rotatable bonds is 7. The number of Topliss-reactive ketones (excluding diaryl/α,β-unsaturated/α-hetero) is 1. The average molecular weight is 431 g/mol. The molecule has 3 aromatic rings. The predicted octanol–water partition coefficient (Wildman–Crippen LogP) is 4.61. The summed E-state index contributed by atoms with van der Waals surface area (Å²) in [7, 11) is -3.92. The van der Waals surface area contributed by atoms with Crippen LogP contribution < -0.4 is 4.72 Å². The highest BCUT2D eigenvalue weighted by Crippen LogP contribution is 2.31. The van der Waals surface area contributed by atoms with Crippen molar-refractivity contribution < 1.29 is 17.9 Å². The van der Waals surface area contributed by atoms with E-state index in [0.717, 1.165) is 5.56 Å². The number of anilines is 1. The minimum atomic E-state index is -3.92.